The van der Waals surface area contributed by atoms with Crippen LogP contribution in [0, 0.1) is 22.7 Å². The highest BCUT2D eigenvalue weighted by molar-refractivity contribution is 5.88. The average Bonchev–Trinajstić information content (AvgIpc) is 2.72. The molecule has 2 rings (SSSR count). The topological polar surface area (TPSA) is 50.1 Å². The molecule has 0 aromatic carbocycles. The van der Waals surface area contributed by atoms with Crippen LogP contribution in [-0.4, -0.2) is 19.0 Å². The van der Waals surface area contributed by atoms with Crippen molar-refractivity contribution >= 4 is 5.78 Å². The summed E-state index contributed by atoms with van der Waals surface area (Å²) >= 11 is 0. The van der Waals surface area contributed by atoms with E-state index in [-0.39, 0.29) is 11.7 Å². The summed E-state index contributed by atoms with van der Waals surface area (Å²) in [5, 5.41) is 9.25. The first-order valence-corrected chi connectivity index (χ1v) is 5.32. The highest BCUT2D eigenvalue weighted by Crippen LogP contribution is 2.42. The quantitative estimate of drug-likeness (QED) is 0.636. The maximum absolute atomic E-state index is 11.9. The Hall–Kier alpha value is -0.880. The molecule has 2 atom stereocenters. The molecule has 1 saturated heterocycles. The number of carbonyl (C=O) groups excluding carboxylic acids is 1. The van der Waals surface area contributed by atoms with Gasteiger partial charge in [0.1, 0.15) is 5.41 Å². The van der Waals surface area contributed by atoms with Crippen molar-refractivity contribution in [2.45, 2.75) is 32.1 Å². The molecule has 2 aliphatic rings. The average molecular weight is 193 g/mol. The second-order valence-electron chi connectivity index (χ2n) is 4.27. The summed E-state index contributed by atoms with van der Waals surface area (Å²) in [5.74, 6) is 0.307. The number of rotatable bonds is 1. The third kappa shape index (κ3) is 1.34. The van der Waals surface area contributed by atoms with Gasteiger partial charge in [-0.05, 0) is 19.3 Å². The van der Waals surface area contributed by atoms with Crippen molar-refractivity contribution in [3.05, 3.63) is 0 Å². The maximum Gasteiger partial charge on any atom is 0.153 e. The summed E-state index contributed by atoms with van der Waals surface area (Å²) in [7, 11) is 0. The lowest BCUT2D eigenvalue weighted by molar-refractivity contribution is -0.130. The van der Waals surface area contributed by atoms with Gasteiger partial charge >= 0.3 is 0 Å². The van der Waals surface area contributed by atoms with Crippen LogP contribution in [0.15, 0.2) is 0 Å². The van der Waals surface area contributed by atoms with Gasteiger partial charge in [-0.1, -0.05) is 6.42 Å². The van der Waals surface area contributed by atoms with E-state index >= 15 is 0 Å². The predicted molar refractivity (Wildman–Crippen MR) is 50.4 cm³/mol. The Morgan fingerprint density at radius 3 is 2.93 bits per heavy atom. The molecular weight excluding hydrogens is 178 g/mol. The van der Waals surface area contributed by atoms with Gasteiger partial charge in [0.2, 0.25) is 0 Å². The molecule has 0 aromatic heterocycles. The van der Waals surface area contributed by atoms with E-state index in [1.54, 1.807) is 0 Å². The third-order valence-corrected chi connectivity index (χ3v) is 3.55. The lowest BCUT2D eigenvalue weighted by Gasteiger charge is -2.33. The van der Waals surface area contributed by atoms with Crippen LogP contribution in [0.4, 0.5) is 0 Å². The second kappa shape index (κ2) is 3.70. The predicted octanol–water partition coefficient (Wildman–Crippen LogP) is 1.68. The Morgan fingerprint density at radius 1 is 1.50 bits per heavy atom. The molecule has 0 N–H and O–H groups in total. The van der Waals surface area contributed by atoms with Crippen molar-refractivity contribution in [3.63, 3.8) is 0 Å². The minimum absolute atomic E-state index is 0.153. The van der Waals surface area contributed by atoms with Gasteiger partial charge in [-0.3, -0.25) is 4.79 Å². The molecule has 0 spiro atoms. The third-order valence-electron chi connectivity index (χ3n) is 3.55. The first-order chi connectivity index (χ1) is 6.79. The fraction of sp³-hybridized carbons (Fsp3) is 0.818. The number of hydrogen-bond acceptors (Lipinski definition) is 3. The first kappa shape index (κ1) is 9.67. The molecule has 0 aromatic rings. The van der Waals surface area contributed by atoms with Crippen molar-refractivity contribution in [2.75, 3.05) is 13.2 Å². The molecule has 1 aliphatic carbocycles. The number of hydrogen-bond donors (Lipinski definition) is 0. The summed E-state index contributed by atoms with van der Waals surface area (Å²) in [6.07, 6.45) is 4.17. The molecule has 1 saturated carbocycles. The molecule has 0 radical (unpaired) electrons. The second-order valence-corrected chi connectivity index (χ2v) is 4.27. The Kier molecular flexibility index (Phi) is 2.56. The Labute approximate surface area is 84.0 Å². The number of nitrogens with zero attached hydrogens (tertiary/aromatic N) is 1. The summed E-state index contributed by atoms with van der Waals surface area (Å²) in [5.41, 5.74) is -0.700. The highest BCUT2D eigenvalue weighted by Gasteiger charge is 2.47. The van der Waals surface area contributed by atoms with Gasteiger partial charge in [-0.15, -0.1) is 0 Å². The monoisotopic (exact) mass is 193 g/mol. The SMILES string of the molecule is N#CC1(C2CCOC2)CCCCC1=O. The van der Waals surface area contributed by atoms with Crippen LogP contribution >= 0.6 is 0 Å². The van der Waals surface area contributed by atoms with E-state index in [2.05, 4.69) is 6.07 Å². The van der Waals surface area contributed by atoms with Gasteiger partial charge in [0.05, 0.1) is 12.7 Å². The summed E-state index contributed by atoms with van der Waals surface area (Å²) in [6.45, 7) is 1.31. The zero-order valence-electron chi connectivity index (χ0n) is 8.29. The molecule has 3 nitrogen and oxygen atoms in total. The molecule has 2 unspecified atom stereocenters. The molecule has 1 heterocycles. The van der Waals surface area contributed by atoms with E-state index in [9.17, 15) is 10.1 Å². The van der Waals surface area contributed by atoms with Crippen LogP contribution in [0.1, 0.15) is 32.1 Å². The number of Topliss-reactive ketones (excluding diaryl/α,β-unsaturated/α-hetero) is 1. The van der Waals surface area contributed by atoms with Crippen LogP contribution in [0.3, 0.4) is 0 Å². The molecule has 76 valence electrons. The normalized spacial score (nSPS) is 38.2. The summed E-state index contributed by atoms with van der Waals surface area (Å²) in [4.78, 5) is 11.9. The standard InChI is InChI=1S/C11H15NO2/c12-8-11(9-4-6-14-7-9)5-2-1-3-10(11)13/h9H,1-7H2. The largest absolute Gasteiger partial charge is 0.381 e. The van der Waals surface area contributed by atoms with Gasteiger partial charge in [0, 0.05) is 18.9 Å². The van der Waals surface area contributed by atoms with Crippen LogP contribution in [0.25, 0.3) is 0 Å². The summed E-state index contributed by atoms with van der Waals surface area (Å²) < 4.78 is 5.28. The zero-order chi connectivity index (χ0) is 10.0. The van der Waals surface area contributed by atoms with Gasteiger partial charge in [0.15, 0.2) is 5.78 Å². The maximum atomic E-state index is 11.9. The van der Waals surface area contributed by atoms with Crippen molar-refractivity contribution in [1.82, 2.24) is 0 Å². The van der Waals surface area contributed by atoms with Gasteiger partial charge < -0.3 is 4.74 Å². The number of carbonyl (C=O) groups is 1. The smallest absolute Gasteiger partial charge is 0.153 e. The van der Waals surface area contributed by atoms with Crippen LogP contribution in [0.2, 0.25) is 0 Å². The van der Waals surface area contributed by atoms with Gasteiger partial charge in [0.25, 0.3) is 0 Å². The lowest BCUT2D eigenvalue weighted by Crippen LogP contribution is -2.40. The van der Waals surface area contributed by atoms with Crippen molar-refractivity contribution < 1.29 is 9.53 Å². The van der Waals surface area contributed by atoms with E-state index in [1.807, 2.05) is 0 Å². The fourth-order valence-electron chi connectivity index (χ4n) is 2.62. The van der Waals surface area contributed by atoms with Crippen molar-refractivity contribution in [2.24, 2.45) is 11.3 Å². The van der Waals surface area contributed by atoms with Gasteiger partial charge in [-0.25, -0.2) is 0 Å². The Balaban J connectivity index is 2.22. The Morgan fingerprint density at radius 2 is 2.36 bits per heavy atom. The van der Waals surface area contributed by atoms with Gasteiger partial charge in [-0.2, -0.15) is 5.26 Å². The zero-order valence-corrected chi connectivity index (χ0v) is 8.29. The van der Waals surface area contributed by atoms with E-state index in [4.69, 9.17) is 4.74 Å². The van der Waals surface area contributed by atoms with E-state index in [0.29, 0.717) is 19.6 Å². The number of nitriles is 1. The number of ether oxygens (including phenoxy) is 1. The lowest BCUT2D eigenvalue weighted by atomic mass is 9.66. The Bertz CT molecular complexity index is 276. The molecule has 0 amide bonds. The van der Waals surface area contributed by atoms with E-state index < -0.39 is 5.41 Å². The first-order valence-electron chi connectivity index (χ1n) is 5.32. The van der Waals surface area contributed by atoms with Crippen LogP contribution in [0.5, 0.6) is 0 Å². The van der Waals surface area contributed by atoms with E-state index in [1.165, 1.54) is 0 Å². The highest BCUT2D eigenvalue weighted by atomic mass is 16.5. The molecule has 1 aliphatic heterocycles. The van der Waals surface area contributed by atoms with Crippen LogP contribution in [-0.2, 0) is 9.53 Å². The van der Waals surface area contributed by atoms with Crippen molar-refractivity contribution in [3.8, 4) is 6.07 Å². The van der Waals surface area contributed by atoms with Crippen molar-refractivity contribution in [1.29, 1.82) is 5.26 Å². The molecule has 3 heteroatoms. The minimum atomic E-state index is -0.700. The molecular formula is C11H15NO2. The number of ketones is 1. The molecule has 14 heavy (non-hydrogen) atoms. The molecule has 2 fully saturated rings. The fourth-order valence-corrected chi connectivity index (χ4v) is 2.62. The van der Waals surface area contributed by atoms with E-state index in [0.717, 1.165) is 25.7 Å². The summed E-state index contributed by atoms with van der Waals surface area (Å²) in [6, 6.07) is 2.28. The minimum Gasteiger partial charge on any atom is -0.381 e. The molecule has 0 bridgehead atoms. The van der Waals surface area contributed by atoms with Crippen LogP contribution < -0.4 is 0 Å².